The first-order valence-corrected chi connectivity index (χ1v) is 7.72. The summed E-state index contributed by atoms with van der Waals surface area (Å²) >= 11 is 6.84. The van der Waals surface area contributed by atoms with E-state index in [9.17, 15) is 0 Å². The molecule has 3 heterocycles. The van der Waals surface area contributed by atoms with Crippen LogP contribution in [0.4, 0.5) is 0 Å². The predicted octanol–water partition coefficient (Wildman–Crippen LogP) is 2.86. The second-order valence-electron chi connectivity index (χ2n) is 4.12. The Morgan fingerprint density at radius 2 is 2.29 bits per heavy atom. The number of nitrogens with zero attached hydrogens (tertiary/aromatic N) is 1. The zero-order valence-electron chi connectivity index (χ0n) is 8.98. The molecule has 0 saturated carbocycles. The van der Waals surface area contributed by atoms with Gasteiger partial charge in [-0.25, -0.2) is 4.98 Å². The first-order valence-electron chi connectivity index (χ1n) is 5.23. The Bertz CT molecular complexity index is 528. The van der Waals surface area contributed by atoms with Crippen LogP contribution in [0.15, 0.2) is 21.3 Å². The third kappa shape index (κ3) is 1.98. The van der Waals surface area contributed by atoms with E-state index in [1.807, 2.05) is 6.07 Å². The summed E-state index contributed by atoms with van der Waals surface area (Å²) < 4.78 is 6.41. The summed E-state index contributed by atoms with van der Waals surface area (Å²) in [6.45, 7) is 1.99. The topological polar surface area (TPSA) is 48.1 Å². The summed E-state index contributed by atoms with van der Waals surface area (Å²) in [6, 6.07) is 4.13. The smallest absolute Gasteiger partial charge is 0.133 e. The molecule has 0 bridgehead atoms. The largest absolute Gasteiger partial charge is 0.379 e. The standard InChI is InChI=1S/C11H11BrN2OS2/c12-9-2-1-7(17-9)10-14-8(3-16-10)11(4-13)5-15-6-11/h1-3H,4-6,13H2. The Hall–Kier alpha value is -0.270. The van der Waals surface area contributed by atoms with Crippen molar-refractivity contribution in [3.63, 3.8) is 0 Å². The average molecular weight is 331 g/mol. The first-order chi connectivity index (χ1) is 8.23. The Kier molecular flexibility index (Phi) is 3.08. The number of hydrogen-bond acceptors (Lipinski definition) is 5. The highest BCUT2D eigenvalue weighted by Gasteiger charge is 2.41. The number of thiazole rings is 1. The summed E-state index contributed by atoms with van der Waals surface area (Å²) in [6.07, 6.45) is 0. The third-order valence-electron chi connectivity index (χ3n) is 2.98. The molecule has 2 aromatic rings. The van der Waals surface area contributed by atoms with Crippen molar-refractivity contribution in [2.45, 2.75) is 5.41 Å². The maximum absolute atomic E-state index is 5.83. The molecule has 0 atom stereocenters. The van der Waals surface area contributed by atoms with Gasteiger partial charge in [-0.05, 0) is 28.1 Å². The van der Waals surface area contributed by atoms with Gasteiger partial charge in [-0.1, -0.05) is 0 Å². The molecule has 3 nitrogen and oxygen atoms in total. The van der Waals surface area contributed by atoms with E-state index in [2.05, 4.69) is 27.4 Å². The van der Waals surface area contributed by atoms with E-state index in [0.717, 1.165) is 14.5 Å². The fraction of sp³-hybridized carbons (Fsp3) is 0.364. The van der Waals surface area contributed by atoms with Crippen LogP contribution in [0.1, 0.15) is 5.69 Å². The molecule has 3 rings (SSSR count). The monoisotopic (exact) mass is 330 g/mol. The van der Waals surface area contributed by atoms with Crippen LogP contribution in [-0.2, 0) is 10.2 Å². The summed E-state index contributed by atoms with van der Waals surface area (Å²) in [5, 5.41) is 3.17. The molecule has 90 valence electrons. The Balaban J connectivity index is 1.92. The molecule has 2 N–H and O–H groups in total. The molecule has 0 spiro atoms. The van der Waals surface area contributed by atoms with Gasteiger partial charge in [0.2, 0.25) is 0 Å². The number of aromatic nitrogens is 1. The summed E-state index contributed by atoms with van der Waals surface area (Å²) in [4.78, 5) is 5.90. The van der Waals surface area contributed by atoms with Gasteiger partial charge >= 0.3 is 0 Å². The molecule has 0 aromatic carbocycles. The van der Waals surface area contributed by atoms with Gasteiger partial charge in [-0.2, -0.15) is 0 Å². The summed E-state index contributed by atoms with van der Waals surface area (Å²) in [5.41, 5.74) is 6.87. The Morgan fingerprint density at radius 1 is 1.47 bits per heavy atom. The maximum Gasteiger partial charge on any atom is 0.133 e. The van der Waals surface area contributed by atoms with Gasteiger partial charge in [0.1, 0.15) is 5.01 Å². The molecule has 0 amide bonds. The predicted molar refractivity (Wildman–Crippen MR) is 74.7 cm³/mol. The van der Waals surface area contributed by atoms with Crippen molar-refractivity contribution in [1.29, 1.82) is 0 Å². The van der Waals surface area contributed by atoms with Gasteiger partial charge in [-0.3, -0.25) is 0 Å². The second kappa shape index (κ2) is 4.44. The maximum atomic E-state index is 5.83. The van der Waals surface area contributed by atoms with Crippen LogP contribution in [0.3, 0.4) is 0 Å². The first kappa shape index (κ1) is 11.8. The van der Waals surface area contributed by atoms with E-state index in [0.29, 0.717) is 19.8 Å². The van der Waals surface area contributed by atoms with Crippen LogP contribution >= 0.6 is 38.6 Å². The zero-order valence-corrected chi connectivity index (χ0v) is 12.2. The van der Waals surface area contributed by atoms with Gasteiger partial charge in [0.15, 0.2) is 0 Å². The minimum absolute atomic E-state index is 0.0385. The van der Waals surface area contributed by atoms with Gasteiger partial charge in [0, 0.05) is 11.9 Å². The molecule has 0 aliphatic carbocycles. The highest BCUT2D eigenvalue weighted by Crippen LogP contribution is 2.37. The second-order valence-corrected chi connectivity index (χ2v) is 7.44. The van der Waals surface area contributed by atoms with Gasteiger partial charge in [0.25, 0.3) is 0 Å². The minimum Gasteiger partial charge on any atom is -0.379 e. The van der Waals surface area contributed by atoms with E-state index in [4.69, 9.17) is 15.5 Å². The lowest BCUT2D eigenvalue weighted by molar-refractivity contribution is -0.0568. The molecule has 6 heteroatoms. The summed E-state index contributed by atoms with van der Waals surface area (Å²) in [7, 11) is 0. The van der Waals surface area contributed by atoms with Crippen molar-refractivity contribution >= 4 is 38.6 Å². The van der Waals surface area contributed by atoms with Crippen LogP contribution in [0.2, 0.25) is 0 Å². The van der Waals surface area contributed by atoms with E-state index < -0.39 is 0 Å². The molecular weight excluding hydrogens is 320 g/mol. The Labute approximate surface area is 116 Å². The van der Waals surface area contributed by atoms with Crippen LogP contribution in [-0.4, -0.2) is 24.7 Å². The van der Waals surface area contributed by atoms with Crippen LogP contribution < -0.4 is 5.73 Å². The number of rotatable bonds is 3. The van der Waals surface area contributed by atoms with Crippen molar-refractivity contribution in [3.05, 3.63) is 27.0 Å². The molecule has 1 aliphatic rings. The van der Waals surface area contributed by atoms with Crippen LogP contribution in [0.5, 0.6) is 0 Å². The highest BCUT2D eigenvalue weighted by molar-refractivity contribution is 9.11. The van der Waals surface area contributed by atoms with Gasteiger partial charge in [0.05, 0.1) is 33.0 Å². The van der Waals surface area contributed by atoms with Gasteiger partial charge < -0.3 is 10.5 Å². The summed E-state index contributed by atoms with van der Waals surface area (Å²) in [5.74, 6) is 0. The SMILES string of the molecule is NCC1(c2csc(-c3ccc(Br)s3)n2)COC1. The van der Waals surface area contributed by atoms with Crippen molar-refractivity contribution in [1.82, 2.24) is 4.98 Å². The molecule has 0 unspecified atom stereocenters. The quantitative estimate of drug-likeness (QED) is 0.941. The molecule has 1 aliphatic heterocycles. The number of nitrogens with two attached hydrogens (primary N) is 1. The van der Waals surface area contributed by atoms with Crippen LogP contribution in [0.25, 0.3) is 9.88 Å². The lowest BCUT2D eigenvalue weighted by Crippen LogP contribution is -2.52. The van der Waals surface area contributed by atoms with Crippen molar-refractivity contribution in [2.24, 2.45) is 5.73 Å². The Morgan fingerprint density at radius 3 is 2.82 bits per heavy atom. The lowest BCUT2D eigenvalue weighted by Gasteiger charge is -2.39. The van der Waals surface area contributed by atoms with Crippen LogP contribution in [0, 0.1) is 0 Å². The molecule has 2 aromatic heterocycles. The lowest BCUT2D eigenvalue weighted by atomic mass is 9.83. The third-order valence-corrected chi connectivity index (χ3v) is 5.61. The van der Waals surface area contributed by atoms with E-state index in [1.54, 1.807) is 22.7 Å². The fourth-order valence-electron chi connectivity index (χ4n) is 1.78. The fourth-order valence-corrected chi connectivity index (χ4v) is 4.18. The van der Waals surface area contributed by atoms with E-state index >= 15 is 0 Å². The van der Waals surface area contributed by atoms with Crippen molar-refractivity contribution in [2.75, 3.05) is 19.8 Å². The van der Waals surface area contributed by atoms with E-state index in [-0.39, 0.29) is 5.41 Å². The molecular formula is C11H11BrN2OS2. The number of hydrogen-bond donors (Lipinski definition) is 1. The number of thiophene rings is 1. The average Bonchev–Trinajstić information content (AvgIpc) is 2.86. The number of halogens is 1. The highest BCUT2D eigenvalue weighted by atomic mass is 79.9. The zero-order chi connectivity index (χ0) is 11.9. The van der Waals surface area contributed by atoms with Gasteiger partial charge in [-0.15, -0.1) is 22.7 Å². The molecule has 17 heavy (non-hydrogen) atoms. The molecule has 1 fully saturated rings. The molecule has 0 radical (unpaired) electrons. The molecule has 1 saturated heterocycles. The minimum atomic E-state index is -0.0385. The number of ether oxygens (including phenoxy) is 1. The normalized spacial score (nSPS) is 18.0. The van der Waals surface area contributed by atoms with Crippen molar-refractivity contribution < 1.29 is 4.74 Å². The van der Waals surface area contributed by atoms with Crippen molar-refractivity contribution in [3.8, 4) is 9.88 Å². The van der Waals surface area contributed by atoms with E-state index in [1.165, 1.54) is 4.88 Å².